The zero-order valence-corrected chi connectivity index (χ0v) is 17.3. The fourth-order valence-electron chi connectivity index (χ4n) is 3.55. The highest BCUT2D eigenvalue weighted by atomic mass is 19.4. The van der Waals surface area contributed by atoms with Crippen LogP contribution in [0, 0.1) is 0 Å². The van der Waals surface area contributed by atoms with Crippen molar-refractivity contribution in [2.75, 3.05) is 11.9 Å². The van der Waals surface area contributed by atoms with Crippen molar-refractivity contribution >= 4 is 17.9 Å². The molecule has 2 aromatic heterocycles. The zero-order chi connectivity index (χ0) is 23.8. The Hall–Kier alpha value is -4.09. The van der Waals surface area contributed by atoms with Crippen molar-refractivity contribution in [3.63, 3.8) is 0 Å². The van der Waals surface area contributed by atoms with E-state index >= 15 is 0 Å². The number of carbonyl (C=O) groups excluding carboxylic acids is 1. The summed E-state index contributed by atoms with van der Waals surface area (Å²) in [6.07, 6.45) is -2.29. The van der Waals surface area contributed by atoms with E-state index in [-0.39, 0.29) is 29.3 Å². The number of ether oxygens (including phenoxy) is 1. The Morgan fingerprint density at radius 1 is 1.09 bits per heavy atom. The zero-order valence-electron chi connectivity index (χ0n) is 17.3. The molecule has 1 N–H and O–H groups in total. The molecule has 3 heterocycles. The monoisotopic (exact) mass is 461 g/mol. The average molecular weight is 461 g/mol. The summed E-state index contributed by atoms with van der Waals surface area (Å²) < 4.78 is 43.6. The Balaban J connectivity index is 1.81. The van der Waals surface area contributed by atoms with Crippen LogP contribution in [0.25, 0.3) is 5.69 Å². The van der Waals surface area contributed by atoms with Crippen molar-refractivity contribution in [3.05, 3.63) is 74.4 Å². The van der Waals surface area contributed by atoms with Crippen molar-refractivity contribution < 1.29 is 22.7 Å². The van der Waals surface area contributed by atoms with E-state index in [4.69, 9.17) is 0 Å². The maximum absolute atomic E-state index is 13.2. The highest BCUT2D eigenvalue weighted by molar-refractivity contribution is 5.61. The molecule has 1 amide bonds. The van der Waals surface area contributed by atoms with Crippen LogP contribution in [0.1, 0.15) is 11.1 Å². The Bertz CT molecular complexity index is 1320. The Labute approximate surface area is 184 Å². The normalized spacial score (nSPS) is 13.4. The van der Waals surface area contributed by atoms with E-state index in [1.165, 1.54) is 21.6 Å². The van der Waals surface area contributed by atoms with Crippen LogP contribution in [-0.2, 0) is 24.8 Å². The Morgan fingerprint density at radius 3 is 2.48 bits per heavy atom. The van der Waals surface area contributed by atoms with E-state index in [1.807, 2.05) is 0 Å². The lowest BCUT2D eigenvalue weighted by Gasteiger charge is -2.27. The topological polar surface area (TPSA) is 98.5 Å². The second-order valence-corrected chi connectivity index (χ2v) is 7.35. The minimum Gasteiger partial charge on any atom is -0.406 e. The van der Waals surface area contributed by atoms with E-state index < -0.39 is 17.7 Å². The molecule has 0 bridgehead atoms. The van der Waals surface area contributed by atoms with Crippen molar-refractivity contribution in [1.82, 2.24) is 19.2 Å². The molecule has 1 aliphatic rings. The second kappa shape index (κ2) is 8.45. The largest absolute Gasteiger partial charge is 0.573 e. The van der Waals surface area contributed by atoms with E-state index in [0.29, 0.717) is 30.5 Å². The van der Waals surface area contributed by atoms with E-state index in [9.17, 15) is 27.6 Å². The molecule has 4 rings (SSSR count). The lowest BCUT2D eigenvalue weighted by atomic mass is 10.0. The molecule has 0 saturated heterocycles. The number of amides is 1. The molecule has 0 atom stereocenters. The molecule has 12 heteroatoms. The van der Waals surface area contributed by atoms with Gasteiger partial charge in [-0.3, -0.25) is 14.4 Å². The summed E-state index contributed by atoms with van der Waals surface area (Å²) in [5, 5.41) is 7.32. The van der Waals surface area contributed by atoms with Crippen molar-refractivity contribution in [2.24, 2.45) is 7.05 Å². The molecule has 33 heavy (non-hydrogen) atoms. The van der Waals surface area contributed by atoms with E-state index in [1.54, 1.807) is 25.4 Å². The highest BCUT2D eigenvalue weighted by Gasteiger charge is 2.31. The van der Waals surface area contributed by atoms with Gasteiger partial charge in [-0.1, -0.05) is 0 Å². The predicted octanol–water partition coefficient (Wildman–Crippen LogP) is 2.09. The SMILES string of the molecule is Cn1cccc(Nc2nn(-c3ccc(OC(F)(F)F)cc3)c(=O)c3c2CCN(C=O)C3)c1=O. The molecule has 9 nitrogen and oxygen atoms in total. The van der Waals surface area contributed by atoms with Crippen LogP contribution in [0.2, 0.25) is 0 Å². The number of halogens is 3. The van der Waals surface area contributed by atoms with Gasteiger partial charge in [0.15, 0.2) is 5.82 Å². The number of pyridine rings is 1. The summed E-state index contributed by atoms with van der Waals surface area (Å²) in [5.41, 5.74) is 0.444. The summed E-state index contributed by atoms with van der Waals surface area (Å²) in [7, 11) is 1.59. The van der Waals surface area contributed by atoms with Crippen LogP contribution in [0.15, 0.2) is 52.2 Å². The first-order chi connectivity index (χ1) is 15.7. The standard InChI is InChI=1S/C21H18F3N5O4/c1-27-9-2-3-17(20(27)32)25-18-15-8-10-28(12-30)11-16(15)19(31)29(26-18)13-4-6-14(7-5-13)33-21(22,23)24/h2-7,9,12H,8,10-11H2,1H3,(H,25,26). The summed E-state index contributed by atoms with van der Waals surface area (Å²) >= 11 is 0. The molecule has 3 aromatic rings. The quantitative estimate of drug-likeness (QED) is 0.585. The number of anilines is 2. The van der Waals surface area contributed by atoms with Gasteiger partial charge in [0.1, 0.15) is 11.4 Å². The highest BCUT2D eigenvalue weighted by Crippen LogP contribution is 2.26. The van der Waals surface area contributed by atoms with Gasteiger partial charge in [-0.15, -0.1) is 18.3 Å². The third kappa shape index (κ3) is 4.59. The fraction of sp³-hybridized carbons (Fsp3) is 0.238. The molecule has 0 radical (unpaired) electrons. The first-order valence-electron chi connectivity index (χ1n) is 9.79. The molecule has 0 fully saturated rings. The summed E-state index contributed by atoms with van der Waals surface area (Å²) in [5.74, 6) is -0.204. The van der Waals surface area contributed by atoms with E-state index in [2.05, 4.69) is 15.2 Å². The van der Waals surface area contributed by atoms with Gasteiger partial charge in [-0.05, 0) is 42.8 Å². The van der Waals surface area contributed by atoms with Gasteiger partial charge in [0.25, 0.3) is 11.1 Å². The first kappa shape index (κ1) is 22.1. The van der Waals surface area contributed by atoms with Crippen molar-refractivity contribution in [2.45, 2.75) is 19.3 Å². The van der Waals surface area contributed by atoms with Crippen LogP contribution < -0.4 is 21.2 Å². The van der Waals surface area contributed by atoms with Gasteiger partial charge < -0.3 is 19.5 Å². The van der Waals surface area contributed by atoms with Gasteiger partial charge in [0.2, 0.25) is 6.41 Å². The summed E-state index contributed by atoms with van der Waals surface area (Å²) in [6, 6.07) is 7.87. The molecule has 0 saturated carbocycles. The third-order valence-corrected chi connectivity index (χ3v) is 5.15. The summed E-state index contributed by atoms with van der Waals surface area (Å²) in [4.78, 5) is 38.3. The van der Waals surface area contributed by atoms with Crippen molar-refractivity contribution in [1.29, 1.82) is 0 Å². The summed E-state index contributed by atoms with van der Waals surface area (Å²) in [6.45, 7) is 0.406. The van der Waals surface area contributed by atoms with Crippen LogP contribution in [0.4, 0.5) is 24.7 Å². The fourth-order valence-corrected chi connectivity index (χ4v) is 3.55. The number of hydrogen-bond acceptors (Lipinski definition) is 6. The first-order valence-corrected chi connectivity index (χ1v) is 9.79. The molecule has 1 aromatic carbocycles. The van der Waals surface area contributed by atoms with Crippen LogP contribution in [0.5, 0.6) is 5.75 Å². The third-order valence-electron chi connectivity index (χ3n) is 5.15. The smallest absolute Gasteiger partial charge is 0.406 e. The number of aromatic nitrogens is 3. The molecular weight excluding hydrogens is 443 g/mol. The van der Waals surface area contributed by atoms with Gasteiger partial charge in [-0.25, -0.2) is 0 Å². The van der Waals surface area contributed by atoms with Crippen LogP contribution in [0.3, 0.4) is 0 Å². The molecule has 0 spiro atoms. The Kier molecular flexibility index (Phi) is 5.66. The maximum Gasteiger partial charge on any atom is 0.573 e. The van der Waals surface area contributed by atoms with Crippen molar-refractivity contribution in [3.8, 4) is 11.4 Å². The molecular formula is C21H18F3N5O4. The molecule has 172 valence electrons. The Morgan fingerprint density at radius 2 is 1.82 bits per heavy atom. The number of alkyl halides is 3. The average Bonchev–Trinajstić information content (AvgIpc) is 2.78. The maximum atomic E-state index is 13.2. The van der Waals surface area contributed by atoms with E-state index in [0.717, 1.165) is 16.8 Å². The minimum absolute atomic E-state index is 0.0386. The molecule has 0 aliphatic carbocycles. The molecule has 1 aliphatic heterocycles. The molecule has 0 unspecified atom stereocenters. The van der Waals surface area contributed by atoms with Gasteiger partial charge in [0.05, 0.1) is 12.2 Å². The second-order valence-electron chi connectivity index (χ2n) is 7.35. The number of carbonyl (C=O) groups is 1. The number of aryl methyl sites for hydroxylation is 1. The minimum atomic E-state index is -4.85. The van der Waals surface area contributed by atoms with Gasteiger partial charge in [-0.2, -0.15) is 4.68 Å². The number of nitrogens with one attached hydrogen (secondary N) is 1. The van der Waals surface area contributed by atoms with Crippen LogP contribution >= 0.6 is 0 Å². The lowest BCUT2D eigenvalue weighted by Crippen LogP contribution is -2.37. The number of benzene rings is 1. The lowest BCUT2D eigenvalue weighted by molar-refractivity contribution is -0.274. The number of rotatable bonds is 5. The number of hydrogen-bond donors (Lipinski definition) is 1. The number of fused-ring (bicyclic) bond motifs is 1. The predicted molar refractivity (Wildman–Crippen MR) is 112 cm³/mol. The van der Waals surface area contributed by atoms with Gasteiger partial charge >= 0.3 is 6.36 Å². The van der Waals surface area contributed by atoms with Gasteiger partial charge in [0, 0.05) is 30.9 Å². The van der Waals surface area contributed by atoms with Crippen LogP contribution in [-0.4, -0.2) is 38.6 Å². The number of nitrogens with zero attached hydrogens (tertiary/aromatic N) is 4.